The molecule has 3 heteroatoms. The maximum Gasteiger partial charge on any atom is 0.311 e. The number of aryl methyl sites for hydroxylation is 1. The van der Waals surface area contributed by atoms with Gasteiger partial charge in [-0.25, -0.2) is 0 Å². The van der Waals surface area contributed by atoms with Gasteiger partial charge in [0.25, 0.3) is 0 Å². The molecule has 0 spiro atoms. The summed E-state index contributed by atoms with van der Waals surface area (Å²) in [4.78, 5) is 10.7. The summed E-state index contributed by atoms with van der Waals surface area (Å²) in [5.74, 6) is 0.0124. The van der Waals surface area contributed by atoms with Gasteiger partial charge in [0.1, 0.15) is 17.8 Å². The van der Waals surface area contributed by atoms with Crippen LogP contribution in [0.25, 0.3) is 11.0 Å². The first-order valence-corrected chi connectivity index (χ1v) is 5.72. The molecule has 1 aromatic heterocycles. The molecule has 0 bridgehead atoms. The molecule has 2 aromatic rings. The van der Waals surface area contributed by atoms with E-state index < -0.39 is 5.97 Å². The van der Waals surface area contributed by atoms with Gasteiger partial charge in [0.2, 0.25) is 0 Å². The highest BCUT2D eigenvalue weighted by atomic mass is 16.4. The fourth-order valence-corrected chi connectivity index (χ4v) is 2.02. The zero-order valence-electron chi connectivity index (χ0n) is 10.3. The van der Waals surface area contributed by atoms with Crippen molar-refractivity contribution in [1.82, 2.24) is 0 Å². The highest BCUT2D eigenvalue weighted by Crippen LogP contribution is 2.30. The molecular weight excluding hydrogens is 216 g/mol. The van der Waals surface area contributed by atoms with Crippen molar-refractivity contribution in [3.05, 3.63) is 35.1 Å². The maximum atomic E-state index is 10.7. The Kier molecular flexibility index (Phi) is 2.92. The lowest BCUT2D eigenvalue weighted by atomic mass is 9.99. The number of carboxylic acids is 1. The van der Waals surface area contributed by atoms with Crippen LogP contribution in [0.4, 0.5) is 0 Å². The van der Waals surface area contributed by atoms with Crippen molar-refractivity contribution in [2.24, 2.45) is 0 Å². The van der Waals surface area contributed by atoms with Gasteiger partial charge in [-0.2, -0.15) is 0 Å². The van der Waals surface area contributed by atoms with E-state index in [1.807, 2.05) is 13.0 Å². The fourth-order valence-electron chi connectivity index (χ4n) is 2.02. The number of carboxylic acid groups (broad SMARTS) is 1. The van der Waals surface area contributed by atoms with E-state index in [4.69, 9.17) is 9.52 Å². The molecule has 3 nitrogen and oxygen atoms in total. The lowest BCUT2D eigenvalue weighted by Crippen LogP contribution is -1.97. The first-order valence-electron chi connectivity index (χ1n) is 5.72. The zero-order chi connectivity index (χ0) is 12.6. The van der Waals surface area contributed by atoms with Crippen LogP contribution in [0.1, 0.15) is 36.7 Å². The second kappa shape index (κ2) is 4.24. The highest BCUT2D eigenvalue weighted by Gasteiger charge is 2.14. The van der Waals surface area contributed by atoms with Crippen molar-refractivity contribution in [2.45, 2.75) is 33.1 Å². The molecule has 0 aliphatic carbocycles. The molecule has 90 valence electrons. The van der Waals surface area contributed by atoms with Crippen LogP contribution < -0.4 is 0 Å². The third kappa shape index (κ3) is 2.18. The first kappa shape index (κ1) is 11.7. The number of fused-ring (bicyclic) bond motifs is 1. The van der Waals surface area contributed by atoms with Gasteiger partial charge in [0, 0.05) is 5.39 Å². The summed E-state index contributed by atoms with van der Waals surface area (Å²) in [5, 5.41) is 9.80. The minimum atomic E-state index is -0.868. The van der Waals surface area contributed by atoms with Crippen LogP contribution in [-0.4, -0.2) is 11.1 Å². The average molecular weight is 232 g/mol. The smallest absolute Gasteiger partial charge is 0.311 e. The lowest BCUT2D eigenvalue weighted by Gasteiger charge is -2.06. The van der Waals surface area contributed by atoms with Crippen molar-refractivity contribution in [2.75, 3.05) is 0 Å². The van der Waals surface area contributed by atoms with Gasteiger partial charge < -0.3 is 9.52 Å². The van der Waals surface area contributed by atoms with Gasteiger partial charge in [0.15, 0.2) is 0 Å². The fraction of sp³-hybridized carbons (Fsp3) is 0.357. The largest absolute Gasteiger partial charge is 0.481 e. The van der Waals surface area contributed by atoms with Crippen molar-refractivity contribution >= 4 is 16.9 Å². The van der Waals surface area contributed by atoms with Crippen LogP contribution in [0.15, 0.2) is 22.6 Å². The molecule has 1 heterocycles. The molecule has 0 amide bonds. The Labute approximate surface area is 100 Å². The third-order valence-corrected chi connectivity index (χ3v) is 2.93. The Morgan fingerprint density at radius 1 is 1.41 bits per heavy atom. The summed E-state index contributed by atoms with van der Waals surface area (Å²) in [7, 11) is 0. The standard InChI is InChI=1S/C14H16O3/c1-8(2)11-5-4-9(3)12-6-10(7-13(15)16)17-14(11)12/h4-6,8H,7H2,1-3H3,(H,15,16). The van der Waals surface area contributed by atoms with Crippen LogP contribution in [0.2, 0.25) is 0 Å². The molecule has 0 aliphatic heterocycles. The number of aliphatic carboxylic acids is 1. The number of hydrogen-bond donors (Lipinski definition) is 1. The van der Waals surface area contributed by atoms with Gasteiger partial charge >= 0.3 is 5.97 Å². The zero-order valence-corrected chi connectivity index (χ0v) is 10.3. The quantitative estimate of drug-likeness (QED) is 0.881. The summed E-state index contributed by atoms with van der Waals surface area (Å²) in [5.41, 5.74) is 3.07. The summed E-state index contributed by atoms with van der Waals surface area (Å²) < 4.78 is 5.67. The average Bonchev–Trinajstić information content (AvgIpc) is 2.60. The normalized spacial score (nSPS) is 11.3. The molecule has 0 unspecified atom stereocenters. The molecule has 1 N–H and O–H groups in total. The minimum Gasteiger partial charge on any atom is -0.481 e. The Morgan fingerprint density at radius 3 is 2.71 bits per heavy atom. The van der Waals surface area contributed by atoms with Crippen molar-refractivity contribution in [3.8, 4) is 0 Å². The van der Waals surface area contributed by atoms with Crippen LogP contribution in [-0.2, 0) is 11.2 Å². The Morgan fingerprint density at radius 2 is 2.12 bits per heavy atom. The summed E-state index contributed by atoms with van der Waals surface area (Å²) in [6.45, 7) is 6.21. The van der Waals surface area contributed by atoms with Crippen molar-refractivity contribution < 1.29 is 14.3 Å². The van der Waals surface area contributed by atoms with Gasteiger partial charge in [-0.15, -0.1) is 0 Å². The second-order valence-electron chi connectivity index (χ2n) is 4.65. The molecule has 0 atom stereocenters. The minimum absolute atomic E-state index is 0.0638. The van der Waals surface area contributed by atoms with Crippen LogP contribution in [0.5, 0.6) is 0 Å². The monoisotopic (exact) mass is 232 g/mol. The van der Waals surface area contributed by atoms with E-state index in [0.717, 1.165) is 22.1 Å². The van der Waals surface area contributed by atoms with Crippen LogP contribution >= 0.6 is 0 Å². The van der Waals surface area contributed by atoms with Gasteiger partial charge in [0.05, 0.1) is 0 Å². The van der Waals surface area contributed by atoms with E-state index in [9.17, 15) is 4.79 Å². The topological polar surface area (TPSA) is 50.4 Å². The van der Waals surface area contributed by atoms with Gasteiger partial charge in [-0.05, 0) is 30.0 Å². The molecule has 17 heavy (non-hydrogen) atoms. The summed E-state index contributed by atoms with van der Waals surface area (Å²) in [6.07, 6.45) is -0.0638. The number of carbonyl (C=O) groups is 1. The van der Waals surface area contributed by atoms with E-state index >= 15 is 0 Å². The van der Waals surface area contributed by atoms with Crippen molar-refractivity contribution in [1.29, 1.82) is 0 Å². The molecule has 0 fully saturated rings. The number of rotatable bonds is 3. The third-order valence-electron chi connectivity index (χ3n) is 2.93. The Balaban J connectivity index is 2.61. The second-order valence-corrected chi connectivity index (χ2v) is 4.65. The number of hydrogen-bond acceptors (Lipinski definition) is 2. The Bertz CT molecular complexity index is 564. The Hall–Kier alpha value is -1.77. The molecule has 0 aliphatic rings. The molecule has 1 aromatic carbocycles. The molecular formula is C14H16O3. The number of furan rings is 1. The van der Waals surface area contributed by atoms with Gasteiger partial charge in [-0.1, -0.05) is 26.0 Å². The van der Waals surface area contributed by atoms with E-state index in [-0.39, 0.29) is 6.42 Å². The first-order chi connectivity index (χ1) is 7.99. The van der Waals surface area contributed by atoms with E-state index in [2.05, 4.69) is 26.0 Å². The maximum absolute atomic E-state index is 10.7. The van der Waals surface area contributed by atoms with Crippen LogP contribution in [0, 0.1) is 6.92 Å². The predicted molar refractivity (Wildman–Crippen MR) is 66.4 cm³/mol. The molecule has 0 saturated carbocycles. The molecule has 2 rings (SSSR count). The van der Waals surface area contributed by atoms with Crippen molar-refractivity contribution in [3.63, 3.8) is 0 Å². The molecule has 0 radical (unpaired) electrons. The van der Waals surface area contributed by atoms with Gasteiger partial charge in [-0.3, -0.25) is 4.79 Å². The predicted octanol–water partition coefficient (Wildman–Crippen LogP) is 3.49. The van der Waals surface area contributed by atoms with Crippen LogP contribution in [0.3, 0.4) is 0 Å². The van der Waals surface area contributed by atoms with E-state index in [1.54, 1.807) is 0 Å². The lowest BCUT2D eigenvalue weighted by molar-refractivity contribution is -0.136. The highest BCUT2D eigenvalue weighted by molar-refractivity contribution is 5.85. The summed E-state index contributed by atoms with van der Waals surface area (Å²) >= 11 is 0. The number of benzene rings is 1. The SMILES string of the molecule is Cc1ccc(C(C)C)c2oc(CC(=O)O)cc12. The summed E-state index contributed by atoms with van der Waals surface area (Å²) in [6, 6.07) is 5.94. The van der Waals surface area contributed by atoms with E-state index in [0.29, 0.717) is 11.7 Å². The van der Waals surface area contributed by atoms with E-state index in [1.165, 1.54) is 0 Å². The molecule has 0 saturated heterocycles.